The van der Waals surface area contributed by atoms with Crippen LogP contribution in [0.3, 0.4) is 0 Å². The zero-order valence-electron chi connectivity index (χ0n) is 10.6. The number of aromatic amines is 1. The number of H-pyrrole nitrogens is 1. The summed E-state index contributed by atoms with van der Waals surface area (Å²) in [5, 5.41) is 9.69. The molecule has 2 rings (SSSR count). The van der Waals surface area contributed by atoms with Crippen molar-refractivity contribution in [1.82, 2.24) is 4.98 Å². The predicted molar refractivity (Wildman–Crippen MR) is 73.6 cm³/mol. The van der Waals surface area contributed by atoms with Gasteiger partial charge in [-0.3, -0.25) is 4.79 Å². The first-order valence-corrected chi connectivity index (χ1v) is 6.15. The third kappa shape index (κ3) is 4.22. The van der Waals surface area contributed by atoms with E-state index in [9.17, 15) is 4.79 Å². The molecule has 0 unspecified atom stereocenters. The molecule has 0 aliphatic heterocycles. The molecule has 4 N–H and O–H groups in total. The SMILES string of the molecule is CCCN.O=C(O)CCc1c[nH]c2ccccc12. The number of benzene rings is 1. The number of carbonyl (C=O) groups is 1. The van der Waals surface area contributed by atoms with Crippen molar-refractivity contribution in [2.45, 2.75) is 26.2 Å². The second-order valence-corrected chi connectivity index (χ2v) is 4.04. The van der Waals surface area contributed by atoms with Crippen LogP contribution in [0.4, 0.5) is 0 Å². The van der Waals surface area contributed by atoms with E-state index in [2.05, 4.69) is 11.9 Å². The zero-order valence-corrected chi connectivity index (χ0v) is 10.6. The number of aromatic nitrogens is 1. The van der Waals surface area contributed by atoms with Crippen LogP contribution >= 0.6 is 0 Å². The molecule has 4 heteroatoms. The van der Waals surface area contributed by atoms with Crippen molar-refractivity contribution in [3.63, 3.8) is 0 Å². The summed E-state index contributed by atoms with van der Waals surface area (Å²) in [7, 11) is 0. The van der Waals surface area contributed by atoms with Gasteiger partial charge in [-0.2, -0.15) is 0 Å². The van der Waals surface area contributed by atoms with Gasteiger partial charge in [0.25, 0.3) is 0 Å². The molecule has 0 spiro atoms. The van der Waals surface area contributed by atoms with Crippen LogP contribution in [0.1, 0.15) is 25.3 Å². The number of aliphatic carboxylic acids is 1. The lowest BCUT2D eigenvalue weighted by Crippen LogP contribution is -1.96. The molecule has 0 fully saturated rings. The third-order valence-electron chi connectivity index (χ3n) is 2.57. The van der Waals surface area contributed by atoms with Crippen LogP contribution in [0.2, 0.25) is 0 Å². The highest BCUT2D eigenvalue weighted by atomic mass is 16.4. The van der Waals surface area contributed by atoms with E-state index >= 15 is 0 Å². The minimum Gasteiger partial charge on any atom is -0.481 e. The molecular formula is C14H20N2O2. The van der Waals surface area contributed by atoms with Gasteiger partial charge in [0.2, 0.25) is 0 Å². The molecule has 0 saturated carbocycles. The zero-order chi connectivity index (χ0) is 13.4. The summed E-state index contributed by atoms with van der Waals surface area (Å²) in [5.41, 5.74) is 7.16. The van der Waals surface area contributed by atoms with Crippen LogP contribution in [0.25, 0.3) is 10.9 Å². The number of fused-ring (bicyclic) bond motifs is 1. The van der Waals surface area contributed by atoms with E-state index in [0.717, 1.165) is 29.4 Å². The Morgan fingerprint density at radius 2 is 2.06 bits per heavy atom. The Morgan fingerprint density at radius 3 is 2.67 bits per heavy atom. The van der Waals surface area contributed by atoms with Gasteiger partial charge in [0.1, 0.15) is 0 Å². The summed E-state index contributed by atoms with van der Waals surface area (Å²) in [6.45, 7) is 2.88. The van der Waals surface area contributed by atoms with Crippen LogP contribution in [0, 0.1) is 0 Å². The van der Waals surface area contributed by atoms with Gasteiger partial charge < -0.3 is 15.8 Å². The number of nitrogens with two attached hydrogens (primary N) is 1. The van der Waals surface area contributed by atoms with Crippen LogP contribution in [0.15, 0.2) is 30.5 Å². The summed E-state index contributed by atoms with van der Waals surface area (Å²) in [6.07, 6.45) is 3.74. The summed E-state index contributed by atoms with van der Waals surface area (Å²) in [6, 6.07) is 7.91. The Bertz CT molecular complexity index is 489. The van der Waals surface area contributed by atoms with Crippen LogP contribution < -0.4 is 5.73 Å². The van der Waals surface area contributed by atoms with Gasteiger partial charge in [0.15, 0.2) is 0 Å². The Morgan fingerprint density at radius 1 is 1.39 bits per heavy atom. The third-order valence-corrected chi connectivity index (χ3v) is 2.57. The minimum absolute atomic E-state index is 0.182. The van der Waals surface area contributed by atoms with E-state index in [0.29, 0.717) is 6.42 Å². The largest absolute Gasteiger partial charge is 0.481 e. The van der Waals surface area contributed by atoms with Crippen molar-refractivity contribution in [1.29, 1.82) is 0 Å². The van der Waals surface area contributed by atoms with Crippen LogP contribution in [-0.2, 0) is 11.2 Å². The van der Waals surface area contributed by atoms with Gasteiger partial charge in [-0.25, -0.2) is 0 Å². The number of para-hydroxylation sites is 1. The maximum atomic E-state index is 10.4. The fourth-order valence-corrected chi connectivity index (χ4v) is 1.58. The first-order valence-electron chi connectivity index (χ1n) is 6.15. The van der Waals surface area contributed by atoms with Gasteiger partial charge in [0, 0.05) is 23.5 Å². The molecule has 98 valence electrons. The normalized spacial score (nSPS) is 9.89. The van der Waals surface area contributed by atoms with Crippen molar-refractivity contribution in [2.75, 3.05) is 6.54 Å². The van der Waals surface area contributed by atoms with Gasteiger partial charge in [0.05, 0.1) is 0 Å². The number of nitrogens with one attached hydrogen (secondary N) is 1. The molecule has 0 radical (unpaired) electrons. The molecular weight excluding hydrogens is 228 g/mol. The van der Waals surface area contributed by atoms with Crippen LogP contribution in [0.5, 0.6) is 0 Å². The molecule has 1 aromatic heterocycles. The van der Waals surface area contributed by atoms with E-state index in [-0.39, 0.29) is 6.42 Å². The molecule has 4 nitrogen and oxygen atoms in total. The van der Waals surface area contributed by atoms with Crippen molar-refractivity contribution in [2.24, 2.45) is 5.73 Å². The van der Waals surface area contributed by atoms with Crippen molar-refractivity contribution in [3.8, 4) is 0 Å². The van der Waals surface area contributed by atoms with E-state index in [1.807, 2.05) is 30.5 Å². The number of carboxylic acids is 1. The van der Waals surface area contributed by atoms with E-state index < -0.39 is 5.97 Å². The highest BCUT2D eigenvalue weighted by molar-refractivity contribution is 5.83. The Balaban J connectivity index is 0.000000357. The van der Waals surface area contributed by atoms with Gasteiger partial charge in [-0.1, -0.05) is 25.1 Å². The quantitative estimate of drug-likeness (QED) is 0.778. The van der Waals surface area contributed by atoms with Crippen molar-refractivity contribution in [3.05, 3.63) is 36.0 Å². The summed E-state index contributed by atoms with van der Waals surface area (Å²) >= 11 is 0. The monoisotopic (exact) mass is 248 g/mol. The number of hydrogen-bond donors (Lipinski definition) is 3. The summed E-state index contributed by atoms with van der Waals surface area (Å²) < 4.78 is 0. The first-order chi connectivity index (χ1) is 8.69. The van der Waals surface area contributed by atoms with Gasteiger partial charge >= 0.3 is 5.97 Å². The number of hydrogen-bond acceptors (Lipinski definition) is 2. The number of rotatable bonds is 4. The second kappa shape index (κ2) is 7.50. The lowest BCUT2D eigenvalue weighted by atomic mass is 10.1. The van der Waals surface area contributed by atoms with E-state index in [1.54, 1.807) is 0 Å². The minimum atomic E-state index is -0.754. The number of aryl methyl sites for hydroxylation is 1. The molecule has 0 atom stereocenters. The first kappa shape index (κ1) is 14.3. The fourth-order valence-electron chi connectivity index (χ4n) is 1.58. The topological polar surface area (TPSA) is 79.1 Å². The molecule has 0 saturated heterocycles. The molecule has 0 aliphatic rings. The second-order valence-electron chi connectivity index (χ2n) is 4.04. The van der Waals surface area contributed by atoms with Gasteiger partial charge in [-0.05, 0) is 31.0 Å². The average Bonchev–Trinajstić information content (AvgIpc) is 2.80. The summed E-state index contributed by atoms with van der Waals surface area (Å²) in [5.74, 6) is -0.754. The smallest absolute Gasteiger partial charge is 0.303 e. The number of carboxylic acid groups (broad SMARTS) is 1. The lowest BCUT2D eigenvalue weighted by molar-refractivity contribution is -0.136. The molecule has 18 heavy (non-hydrogen) atoms. The van der Waals surface area contributed by atoms with E-state index in [4.69, 9.17) is 10.8 Å². The molecule has 1 aromatic carbocycles. The van der Waals surface area contributed by atoms with Crippen LogP contribution in [-0.4, -0.2) is 22.6 Å². The highest BCUT2D eigenvalue weighted by Gasteiger charge is 2.04. The Labute approximate surface area is 107 Å². The van der Waals surface area contributed by atoms with E-state index in [1.165, 1.54) is 0 Å². The fraction of sp³-hybridized carbons (Fsp3) is 0.357. The van der Waals surface area contributed by atoms with Gasteiger partial charge in [-0.15, -0.1) is 0 Å². The lowest BCUT2D eigenvalue weighted by Gasteiger charge is -1.95. The standard InChI is InChI=1S/C11H11NO2.C3H9N/c13-11(14)6-5-8-7-12-10-4-2-1-3-9(8)10;1-2-3-4/h1-4,7,12H,5-6H2,(H,13,14);2-4H2,1H3. The van der Waals surface area contributed by atoms with Crippen molar-refractivity contribution < 1.29 is 9.90 Å². The molecule has 1 heterocycles. The molecule has 0 aliphatic carbocycles. The Hall–Kier alpha value is -1.81. The Kier molecular flexibility index (Phi) is 5.94. The molecule has 2 aromatic rings. The average molecular weight is 248 g/mol. The summed E-state index contributed by atoms with van der Waals surface area (Å²) in [4.78, 5) is 13.5. The predicted octanol–water partition coefficient (Wildman–Crippen LogP) is 2.54. The highest BCUT2D eigenvalue weighted by Crippen LogP contribution is 2.18. The maximum absolute atomic E-state index is 10.4. The molecule has 0 bridgehead atoms. The molecule has 0 amide bonds. The maximum Gasteiger partial charge on any atom is 0.303 e. The van der Waals surface area contributed by atoms with Crippen molar-refractivity contribution >= 4 is 16.9 Å².